The lowest BCUT2D eigenvalue weighted by molar-refractivity contribution is -0.384. The highest BCUT2D eigenvalue weighted by molar-refractivity contribution is 5.87. The van der Waals surface area contributed by atoms with Crippen molar-refractivity contribution in [2.75, 3.05) is 14.2 Å². The maximum absolute atomic E-state index is 14.1. The standard InChI is InChI=1S/C28H26N2O11/c1-5-23(36-4)28(18-8-6-9-21(16-18)35-3,41-27(32)39-20-13-11-19(12-14-20)30(33)34)26(31)40-24-17(2)38-25(29-24)22-10-7-15-37-22/h6-16,23H,5H2,1-4H3. The summed E-state index contributed by atoms with van der Waals surface area (Å²) in [6, 6.07) is 14.3. The van der Waals surface area contributed by atoms with Crippen molar-refractivity contribution in [1.29, 1.82) is 0 Å². The number of nitrogens with zero attached hydrogens (tertiary/aromatic N) is 2. The summed E-state index contributed by atoms with van der Waals surface area (Å²) >= 11 is 0. The first-order chi connectivity index (χ1) is 19.7. The summed E-state index contributed by atoms with van der Waals surface area (Å²) in [4.78, 5) is 41.9. The van der Waals surface area contributed by atoms with Crippen LogP contribution in [0, 0.1) is 17.0 Å². The van der Waals surface area contributed by atoms with E-state index in [-0.39, 0.29) is 41.0 Å². The van der Waals surface area contributed by atoms with Crippen LogP contribution in [0.15, 0.2) is 75.8 Å². The number of non-ortho nitro benzene ring substituents is 1. The van der Waals surface area contributed by atoms with E-state index in [1.165, 1.54) is 51.7 Å². The molecule has 214 valence electrons. The van der Waals surface area contributed by atoms with Crippen LogP contribution in [0.5, 0.6) is 17.4 Å². The van der Waals surface area contributed by atoms with Crippen LogP contribution in [0.4, 0.5) is 10.5 Å². The third-order valence-corrected chi connectivity index (χ3v) is 6.08. The number of hydrogen-bond donors (Lipinski definition) is 0. The highest BCUT2D eigenvalue weighted by atomic mass is 16.7. The molecule has 0 aliphatic carbocycles. The number of oxazole rings is 1. The second kappa shape index (κ2) is 12.3. The van der Waals surface area contributed by atoms with E-state index in [4.69, 9.17) is 32.5 Å². The molecule has 2 aromatic carbocycles. The summed E-state index contributed by atoms with van der Waals surface area (Å²) in [6.45, 7) is 3.25. The molecule has 0 N–H and O–H groups in total. The summed E-state index contributed by atoms with van der Waals surface area (Å²) in [6.07, 6.45) is -0.766. The van der Waals surface area contributed by atoms with E-state index >= 15 is 0 Å². The summed E-state index contributed by atoms with van der Waals surface area (Å²) in [5.74, 6) is -0.428. The monoisotopic (exact) mass is 566 g/mol. The molecule has 2 heterocycles. The molecule has 13 nitrogen and oxygen atoms in total. The third-order valence-electron chi connectivity index (χ3n) is 6.08. The second-order valence-corrected chi connectivity index (χ2v) is 8.55. The molecule has 0 saturated carbocycles. The minimum absolute atomic E-state index is 0.0607. The van der Waals surface area contributed by atoms with Crippen molar-refractivity contribution in [3.63, 3.8) is 0 Å². The SMILES string of the molecule is CCC(OC)C(OC(=O)Oc1ccc([N+](=O)[O-])cc1)(C(=O)Oc1nc(-c2ccco2)oc1C)c1cccc(OC)c1. The Morgan fingerprint density at radius 1 is 1.05 bits per heavy atom. The van der Waals surface area contributed by atoms with Crippen molar-refractivity contribution >= 4 is 17.8 Å². The smallest absolute Gasteiger partial charge is 0.497 e. The molecule has 4 aromatic rings. The minimum atomic E-state index is -2.23. The molecule has 4 rings (SSSR count). The van der Waals surface area contributed by atoms with E-state index in [0.29, 0.717) is 11.5 Å². The predicted molar refractivity (Wildman–Crippen MR) is 141 cm³/mol. The number of methoxy groups -OCH3 is 2. The molecule has 0 radical (unpaired) electrons. The van der Waals surface area contributed by atoms with Gasteiger partial charge in [0.2, 0.25) is 0 Å². The van der Waals surface area contributed by atoms with Crippen molar-refractivity contribution in [3.05, 3.63) is 88.4 Å². The van der Waals surface area contributed by atoms with E-state index in [1.54, 1.807) is 31.2 Å². The lowest BCUT2D eigenvalue weighted by atomic mass is 9.86. The van der Waals surface area contributed by atoms with Gasteiger partial charge in [-0.25, -0.2) is 9.59 Å². The topological polar surface area (TPSA) is 163 Å². The van der Waals surface area contributed by atoms with Crippen molar-refractivity contribution in [1.82, 2.24) is 4.98 Å². The lowest BCUT2D eigenvalue weighted by Crippen LogP contribution is -2.53. The van der Waals surface area contributed by atoms with Crippen molar-refractivity contribution < 1.29 is 47.0 Å². The van der Waals surface area contributed by atoms with Gasteiger partial charge in [-0.05, 0) is 49.7 Å². The Hall–Kier alpha value is -5.17. The number of carbonyl (C=O) groups excluding carboxylic acids is 2. The molecule has 0 aliphatic rings. The number of aryl methyl sites for hydroxylation is 1. The fraction of sp³-hybridized carbons (Fsp3) is 0.250. The van der Waals surface area contributed by atoms with Gasteiger partial charge in [0, 0.05) is 24.8 Å². The molecule has 0 aliphatic heterocycles. The van der Waals surface area contributed by atoms with Gasteiger partial charge in [0.25, 0.3) is 23.1 Å². The maximum Gasteiger partial charge on any atom is 0.515 e. The van der Waals surface area contributed by atoms with E-state index in [1.807, 2.05) is 0 Å². The van der Waals surface area contributed by atoms with Crippen LogP contribution in [-0.4, -0.2) is 42.4 Å². The summed E-state index contributed by atoms with van der Waals surface area (Å²) < 4.78 is 38.6. The molecule has 2 aromatic heterocycles. The molecule has 2 unspecified atom stereocenters. The molecule has 0 spiro atoms. The summed E-state index contributed by atoms with van der Waals surface area (Å²) in [5.41, 5.74) is -2.28. The zero-order valence-electron chi connectivity index (χ0n) is 22.5. The number of nitro benzene ring substituents is 1. The van der Waals surface area contributed by atoms with E-state index in [9.17, 15) is 19.7 Å². The fourth-order valence-corrected chi connectivity index (χ4v) is 4.11. The summed E-state index contributed by atoms with van der Waals surface area (Å²) in [5, 5.41) is 11.0. The lowest BCUT2D eigenvalue weighted by Gasteiger charge is -2.36. The van der Waals surface area contributed by atoms with Gasteiger partial charge >= 0.3 is 12.1 Å². The van der Waals surface area contributed by atoms with Crippen molar-refractivity contribution in [2.45, 2.75) is 32.0 Å². The largest absolute Gasteiger partial charge is 0.515 e. The van der Waals surface area contributed by atoms with Crippen LogP contribution in [0.1, 0.15) is 24.7 Å². The highest BCUT2D eigenvalue weighted by Gasteiger charge is 2.54. The number of carbonyl (C=O) groups is 2. The Bertz CT molecular complexity index is 1510. The number of hydrogen-bond acceptors (Lipinski definition) is 12. The first-order valence-corrected chi connectivity index (χ1v) is 12.3. The third kappa shape index (κ3) is 6.04. The zero-order valence-corrected chi connectivity index (χ0v) is 22.5. The number of ether oxygens (including phenoxy) is 5. The predicted octanol–water partition coefficient (Wildman–Crippen LogP) is 5.60. The van der Waals surface area contributed by atoms with Crippen LogP contribution in [0.3, 0.4) is 0 Å². The van der Waals surface area contributed by atoms with Gasteiger partial charge in [-0.3, -0.25) is 10.1 Å². The first kappa shape index (κ1) is 28.8. The molecule has 0 bridgehead atoms. The normalized spacial score (nSPS) is 13.1. The van der Waals surface area contributed by atoms with Gasteiger partial charge in [-0.2, -0.15) is 4.98 Å². The van der Waals surface area contributed by atoms with E-state index in [2.05, 4.69) is 4.98 Å². The molecule has 41 heavy (non-hydrogen) atoms. The van der Waals surface area contributed by atoms with E-state index in [0.717, 1.165) is 12.1 Å². The van der Waals surface area contributed by atoms with Gasteiger partial charge in [-0.15, -0.1) is 0 Å². The average molecular weight is 567 g/mol. The van der Waals surface area contributed by atoms with Crippen molar-refractivity contribution in [2.24, 2.45) is 0 Å². The maximum atomic E-state index is 14.1. The molecule has 0 saturated heterocycles. The first-order valence-electron chi connectivity index (χ1n) is 12.3. The molecular weight excluding hydrogens is 540 g/mol. The van der Waals surface area contributed by atoms with Crippen LogP contribution >= 0.6 is 0 Å². The quantitative estimate of drug-likeness (QED) is 0.0957. The Morgan fingerprint density at radius 2 is 1.80 bits per heavy atom. The molecule has 0 fully saturated rings. The Morgan fingerprint density at radius 3 is 2.41 bits per heavy atom. The molecular formula is C28H26N2O11. The number of aromatic nitrogens is 1. The van der Waals surface area contributed by atoms with Gasteiger partial charge < -0.3 is 32.5 Å². The second-order valence-electron chi connectivity index (χ2n) is 8.55. The number of nitro groups is 1. The van der Waals surface area contributed by atoms with Crippen LogP contribution in [0.2, 0.25) is 0 Å². The van der Waals surface area contributed by atoms with Crippen molar-refractivity contribution in [3.8, 4) is 29.0 Å². The number of furan rings is 1. The Kier molecular flexibility index (Phi) is 8.68. The summed E-state index contributed by atoms with van der Waals surface area (Å²) in [7, 11) is 2.78. The van der Waals surface area contributed by atoms with Gasteiger partial charge in [-0.1, -0.05) is 19.1 Å². The van der Waals surface area contributed by atoms with Crippen LogP contribution in [-0.2, 0) is 19.9 Å². The minimum Gasteiger partial charge on any atom is -0.497 e. The van der Waals surface area contributed by atoms with Gasteiger partial charge in [0.15, 0.2) is 11.5 Å². The van der Waals surface area contributed by atoms with Gasteiger partial charge in [0.1, 0.15) is 17.6 Å². The molecule has 0 amide bonds. The highest BCUT2D eigenvalue weighted by Crippen LogP contribution is 2.38. The number of rotatable bonds is 11. The number of benzene rings is 2. The van der Waals surface area contributed by atoms with E-state index < -0.39 is 28.8 Å². The fourth-order valence-electron chi connectivity index (χ4n) is 4.11. The zero-order chi connectivity index (χ0) is 29.6. The van der Waals surface area contributed by atoms with Crippen LogP contribution < -0.4 is 14.2 Å². The number of esters is 1. The van der Waals surface area contributed by atoms with Crippen LogP contribution in [0.25, 0.3) is 11.7 Å². The Labute approximate surface area is 233 Å². The average Bonchev–Trinajstić information content (AvgIpc) is 3.63. The van der Waals surface area contributed by atoms with Gasteiger partial charge in [0.05, 0.1) is 18.3 Å². The molecule has 13 heteroatoms. The molecule has 2 atom stereocenters. The Balaban J connectivity index is 1.75.